The lowest BCUT2D eigenvalue weighted by atomic mass is 10.1. The third-order valence-corrected chi connectivity index (χ3v) is 3.81. The largest absolute Gasteiger partial charge is 0.508 e. The Morgan fingerprint density at radius 3 is 2.82 bits per heavy atom. The molecule has 0 bridgehead atoms. The van der Waals surface area contributed by atoms with E-state index < -0.39 is 6.10 Å². The Balaban J connectivity index is 1.83. The smallest absolute Gasteiger partial charge is 0.268 e. The number of rotatable bonds is 2. The van der Waals surface area contributed by atoms with Crippen molar-refractivity contribution in [3.05, 3.63) is 18.2 Å². The number of morpholine rings is 1. The average Bonchev–Trinajstić information content (AvgIpc) is 2.53. The van der Waals surface area contributed by atoms with Crippen molar-refractivity contribution in [1.29, 1.82) is 0 Å². The van der Waals surface area contributed by atoms with Crippen molar-refractivity contribution in [2.45, 2.75) is 13.0 Å². The molecule has 2 heterocycles. The van der Waals surface area contributed by atoms with Crippen LogP contribution < -0.4 is 9.64 Å². The number of carbonyl (C=O) groups excluding carboxylic acids is 2. The molecular formula is C15H18N2O5. The highest BCUT2D eigenvalue weighted by atomic mass is 16.5. The maximum Gasteiger partial charge on any atom is 0.268 e. The van der Waals surface area contributed by atoms with Gasteiger partial charge in [0.2, 0.25) is 5.91 Å². The summed E-state index contributed by atoms with van der Waals surface area (Å²) in [5.41, 5.74) is 0.421. The highest BCUT2D eigenvalue weighted by molar-refractivity contribution is 6.03. The molecule has 1 aromatic carbocycles. The number of phenols is 1. The van der Waals surface area contributed by atoms with Crippen LogP contribution in [0.15, 0.2) is 18.2 Å². The van der Waals surface area contributed by atoms with Gasteiger partial charge in [-0.2, -0.15) is 0 Å². The Bertz CT molecular complexity index is 598. The summed E-state index contributed by atoms with van der Waals surface area (Å²) in [5, 5.41) is 9.64. The number of ether oxygens (including phenoxy) is 2. The van der Waals surface area contributed by atoms with Crippen LogP contribution in [0.5, 0.6) is 11.5 Å². The van der Waals surface area contributed by atoms with Crippen LogP contribution in [0.25, 0.3) is 0 Å². The number of nitrogens with zero attached hydrogens (tertiary/aromatic N) is 2. The molecule has 3 rings (SSSR count). The summed E-state index contributed by atoms with van der Waals surface area (Å²) >= 11 is 0. The van der Waals surface area contributed by atoms with E-state index in [1.807, 2.05) is 0 Å². The molecule has 1 aromatic rings. The zero-order valence-electron chi connectivity index (χ0n) is 12.3. The van der Waals surface area contributed by atoms with E-state index in [9.17, 15) is 14.7 Å². The number of benzene rings is 1. The van der Waals surface area contributed by atoms with E-state index in [1.165, 1.54) is 17.0 Å². The fraction of sp³-hybridized carbons (Fsp3) is 0.467. The maximum atomic E-state index is 12.4. The van der Waals surface area contributed by atoms with Gasteiger partial charge in [-0.3, -0.25) is 14.5 Å². The van der Waals surface area contributed by atoms with Crippen LogP contribution in [0.1, 0.15) is 6.92 Å². The van der Waals surface area contributed by atoms with E-state index in [4.69, 9.17) is 9.47 Å². The van der Waals surface area contributed by atoms with Gasteiger partial charge >= 0.3 is 0 Å². The molecule has 1 fully saturated rings. The summed E-state index contributed by atoms with van der Waals surface area (Å²) in [4.78, 5) is 27.8. The van der Waals surface area contributed by atoms with Gasteiger partial charge in [0.1, 0.15) is 18.0 Å². The Kier molecular flexibility index (Phi) is 3.89. The predicted octanol–water partition coefficient (Wildman–Crippen LogP) is 0.365. The number of hydrogen-bond acceptors (Lipinski definition) is 5. The molecule has 2 aliphatic rings. The number of aromatic hydroxyl groups is 1. The van der Waals surface area contributed by atoms with Gasteiger partial charge in [-0.05, 0) is 19.1 Å². The summed E-state index contributed by atoms with van der Waals surface area (Å²) in [6.07, 6.45) is -0.658. The Morgan fingerprint density at radius 2 is 2.09 bits per heavy atom. The second-order valence-electron chi connectivity index (χ2n) is 5.33. The third-order valence-electron chi connectivity index (χ3n) is 3.81. The molecule has 1 N–H and O–H groups in total. The maximum absolute atomic E-state index is 12.4. The molecule has 1 atom stereocenters. The minimum atomic E-state index is -0.658. The van der Waals surface area contributed by atoms with Gasteiger partial charge in [-0.25, -0.2) is 0 Å². The molecule has 0 radical (unpaired) electrons. The molecule has 0 saturated carbocycles. The molecule has 0 aromatic heterocycles. The van der Waals surface area contributed by atoms with Gasteiger partial charge in [0.25, 0.3) is 5.91 Å². The van der Waals surface area contributed by atoms with E-state index in [-0.39, 0.29) is 24.1 Å². The lowest BCUT2D eigenvalue weighted by Crippen LogP contribution is -2.51. The average molecular weight is 306 g/mol. The van der Waals surface area contributed by atoms with Gasteiger partial charge in [0, 0.05) is 19.2 Å². The minimum Gasteiger partial charge on any atom is -0.508 e. The van der Waals surface area contributed by atoms with E-state index >= 15 is 0 Å². The first kappa shape index (κ1) is 14.6. The predicted molar refractivity (Wildman–Crippen MR) is 77.9 cm³/mol. The number of phenolic OH excluding ortho intramolecular Hbond substituents is 1. The fourth-order valence-electron chi connectivity index (χ4n) is 2.61. The molecule has 7 heteroatoms. The monoisotopic (exact) mass is 306 g/mol. The molecule has 118 valence electrons. The third kappa shape index (κ3) is 2.71. The number of carbonyl (C=O) groups is 2. The van der Waals surface area contributed by atoms with Crippen LogP contribution in [0.3, 0.4) is 0 Å². The molecule has 2 amide bonds. The minimum absolute atomic E-state index is 0.0218. The number of fused-ring (bicyclic) bond motifs is 1. The Hall–Kier alpha value is -2.28. The molecule has 2 aliphatic heterocycles. The first-order chi connectivity index (χ1) is 10.6. The number of anilines is 1. The summed E-state index contributed by atoms with van der Waals surface area (Å²) in [6.45, 7) is 3.65. The second kappa shape index (κ2) is 5.84. The zero-order chi connectivity index (χ0) is 15.7. The lowest BCUT2D eigenvalue weighted by molar-refractivity contribution is -0.136. The highest BCUT2D eigenvalue weighted by Crippen LogP contribution is 2.36. The van der Waals surface area contributed by atoms with Gasteiger partial charge in [0.15, 0.2) is 6.10 Å². The number of amides is 2. The summed E-state index contributed by atoms with van der Waals surface area (Å²) in [6, 6.07) is 4.52. The SMILES string of the molecule is CC1Oc2ccc(O)cc2N(CC(=O)N2CCOCC2)C1=O. The van der Waals surface area contributed by atoms with Gasteiger partial charge in [0.05, 0.1) is 18.9 Å². The summed E-state index contributed by atoms with van der Waals surface area (Å²) < 4.78 is 10.7. The Labute approximate surface area is 128 Å². The van der Waals surface area contributed by atoms with Crippen LogP contribution in [0.2, 0.25) is 0 Å². The van der Waals surface area contributed by atoms with Gasteiger partial charge < -0.3 is 19.5 Å². The second-order valence-corrected chi connectivity index (χ2v) is 5.33. The molecule has 0 spiro atoms. The standard InChI is InChI=1S/C15H18N2O5/c1-10-15(20)17(9-14(19)16-4-6-21-7-5-16)12-8-11(18)2-3-13(12)22-10/h2-3,8,10,18H,4-7,9H2,1H3. The van der Waals surface area contributed by atoms with Crippen molar-refractivity contribution < 1.29 is 24.2 Å². The van der Waals surface area contributed by atoms with Crippen LogP contribution in [-0.4, -0.2) is 60.8 Å². The van der Waals surface area contributed by atoms with E-state index in [2.05, 4.69) is 0 Å². The van der Waals surface area contributed by atoms with Crippen molar-refractivity contribution in [3.63, 3.8) is 0 Å². The molecule has 7 nitrogen and oxygen atoms in total. The van der Waals surface area contributed by atoms with Gasteiger partial charge in [-0.15, -0.1) is 0 Å². The van der Waals surface area contributed by atoms with E-state index in [0.717, 1.165) is 0 Å². The topological polar surface area (TPSA) is 79.3 Å². The van der Waals surface area contributed by atoms with Crippen molar-refractivity contribution in [2.75, 3.05) is 37.7 Å². The molecule has 1 unspecified atom stereocenters. The van der Waals surface area contributed by atoms with E-state index in [0.29, 0.717) is 37.7 Å². The van der Waals surface area contributed by atoms with Crippen molar-refractivity contribution in [2.24, 2.45) is 0 Å². The first-order valence-corrected chi connectivity index (χ1v) is 7.23. The fourth-order valence-corrected chi connectivity index (χ4v) is 2.61. The van der Waals surface area contributed by atoms with Crippen LogP contribution in [0.4, 0.5) is 5.69 Å². The summed E-state index contributed by atoms with van der Waals surface area (Å²) in [5.74, 6) is 0.0768. The van der Waals surface area contributed by atoms with Crippen molar-refractivity contribution in [3.8, 4) is 11.5 Å². The summed E-state index contributed by atoms with van der Waals surface area (Å²) in [7, 11) is 0. The molecule has 22 heavy (non-hydrogen) atoms. The zero-order valence-corrected chi connectivity index (χ0v) is 12.3. The van der Waals surface area contributed by atoms with Crippen LogP contribution in [0, 0.1) is 0 Å². The van der Waals surface area contributed by atoms with Gasteiger partial charge in [-0.1, -0.05) is 0 Å². The van der Waals surface area contributed by atoms with Crippen LogP contribution in [-0.2, 0) is 14.3 Å². The van der Waals surface area contributed by atoms with Crippen LogP contribution >= 0.6 is 0 Å². The van der Waals surface area contributed by atoms with Crippen molar-refractivity contribution in [1.82, 2.24) is 4.90 Å². The lowest BCUT2D eigenvalue weighted by Gasteiger charge is -2.34. The van der Waals surface area contributed by atoms with E-state index in [1.54, 1.807) is 17.9 Å². The highest BCUT2D eigenvalue weighted by Gasteiger charge is 2.34. The molecular weight excluding hydrogens is 288 g/mol. The quantitative estimate of drug-likeness (QED) is 0.854. The number of hydrogen-bond donors (Lipinski definition) is 1. The first-order valence-electron chi connectivity index (χ1n) is 7.23. The Morgan fingerprint density at radius 1 is 1.36 bits per heavy atom. The van der Waals surface area contributed by atoms with Crippen molar-refractivity contribution >= 4 is 17.5 Å². The molecule has 0 aliphatic carbocycles. The molecule has 1 saturated heterocycles. The normalized spacial score (nSPS) is 21.3.